The first-order chi connectivity index (χ1) is 12.2. The highest BCUT2D eigenvalue weighted by Gasteiger charge is 2.34. The Labute approximate surface area is 149 Å². The van der Waals surface area contributed by atoms with Crippen LogP contribution in [-0.4, -0.2) is 54.4 Å². The quantitative estimate of drug-likeness (QED) is 0.795. The lowest BCUT2D eigenvalue weighted by Crippen LogP contribution is -2.41. The fourth-order valence-electron chi connectivity index (χ4n) is 2.77. The predicted octanol–water partition coefficient (Wildman–Crippen LogP) is 2.27. The number of amides is 1. The fraction of sp³-hybridized carbons (Fsp3) is 0.471. The first kappa shape index (κ1) is 16.4. The minimum atomic E-state index is -0.132. The molecule has 7 nitrogen and oxygen atoms in total. The average molecular weight is 361 g/mol. The van der Waals surface area contributed by atoms with Gasteiger partial charge >= 0.3 is 0 Å². The summed E-state index contributed by atoms with van der Waals surface area (Å²) in [5, 5.41) is 3.26. The number of ketones is 1. The first-order valence-electron chi connectivity index (χ1n) is 8.39. The predicted molar refractivity (Wildman–Crippen MR) is 92.8 cm³/mol. The van der Waals surface area contributed by atoms with Gasteiger partial charge < -0.3 is 14.5 Å². The van der Waals surface area contributed by atoms with E-state index in [0.29, 0.717) is 41.2 Å². The van der Waals surface area contributed by atoms with Crippen LogP contribution in [0, 0.1) is 5.92 Å². The topological polar surface area (TPSA) is 84.7 Å². The largest absolute Gasteiger partial charge is 0.463 e. The normalized spacial score (nSPS) is 18.2. The average Bonchev–Trinajstić information content (AvgIpc) is 3.15. The van der Waals surface area contributed by atoms with E-state index >= 15 is 0 Å². The van der Waals surface area contributed by atoms with Crippen LogP contribution in [0.15, 0.2) is 22.8 Å². The van der Waals surface area contributed by atoms with Crippen LogP contribution >= 0.6 is 11.3 Å². The highest BCUT2D eigenvalue weighted by atomic mass is 32.1. The van der Waals surface area contributed by atoms with Crippen molar-refractivity contribution in [3.8, 4) is 11.5 Å². The van der Waals surface area contributed by atoms with Crippen molar-refractivity contribution in [2.45, 2.75) is 12.8 Å². The molecule has 2 aliphatic rings. The number of aromatic nitrogens is 1. The lowest BCUT2D eigenvalue weighted by Gasteiger charge is -2.25. The molecule has 1 N–H and O–H groups in total. The second-order valence-electron chi connectivity index (χ2n) is 6.25. The molecule has 0 radical (unpaired) electrons. The maximum atomic E-state index is 12.5. The molecule has 0 unspecified atom stereocenters. The molecule has 3 heterocycles. The van der Waals surface area contributed by atoms with Crippen molar-refractivity contribution in [1.82, 2.24) is 9.88 Å². The van der Waals surface area contributed by atoms with Crippen molar-refractivity contribution < 1.29 is 18.7 Å². The summed E-state index contributed by atoms with van der Waals surface area (Å²) in [6.07, 6.45) is 3.40. The van der Waals surface area contributed by atoms with Gasteiger partial charge in [-0.25, -0.2) is 4.98 Å². The summed E-state index contributed by atoms with van der Waals surface area (Å²) in [5.41, 5.74) is 0.522. The van der Waals surface area contributed by atoms with Crippen LogP contribution in [0.25, 0.3) is 11.5 Å². The maximum absolute atomic E-state index is 12.5. The Morgan fingerprint density at radius 2 is 2.12 bits per heavy atom. The Morgan fingerprint density at radius 3 is 2.80 bits per heavy atom. The summed E-state index contributed by atoms with van der Waals surface area (Å²) in [4.78, 5) is 31.9. The van der Waals surface area contributed by atoms with E-state index in [2.05, 4.69) is 10.3 Å². The van der Waals surface area contributed by atoms with Crippen LogP contribution in [-0.2, 0) is 9.53 Å². The van der Waals surface area contributed by atoms with Gasteiger partial charge in [-0.1, -0.05) is 11.3 Å². The molecule has 0 spiro atoms. The third-order valence-corrected chi connectivity index (χ3v) is 5.26. The molecule has 2 aromatic rings. The molecule has 1 aliphatic carbocycles. The molecule has 1 saturated heterocycles. The summed E-state index contributed by atoms with van der Waals surface area (Å²) in [6, 6.07) is 3.54. The lowest BCUT2D eigenvalue weighted by molar-refractivity contribution is -0.118. The number of rotatable bonds is 6. The van der Waals surface area contributed by atoms with Gasteiger partial charge in [-0.3, -0.25) is 14.5 Å². The number of carbonyl (C=O) groups excluding carboxylic acids is 2. The zero-order valence-electron chi connectivity index (χ0n) is 13.7. The van der Waals surface area contributed by atoms with Crippen LogP contribution in [0.2, 0.25) is 0 Å². The van der Waals surface area contributed by atoms with Gasteiger partial charge in [0.05, 0.1) is 26.0 Å². The second-order valence-corrected chi connectivity index (χ2v) is 7.25. The minimum Gasteiger partial charge on any atom is -0.463 e. The monoisotopic (exact) mass is 361 g/mol. The molecule has 2 aromatic heterocycles. The third-order valence-electron chi connectivity index (χ3n) is 4.27. The molecule has 0 atom stereocenters. The Kier molecular flexibility index (Phi) is 4.65. The molecule has 1 aliphatic heterocycles. The van der Waals surface area contributed by atoms with Gasteiger partial charge in [0.25, 0.3) is 0 Å². The number of ether oxygens (including phenoxy) is 1. The van der Waals surface area contributed by atoms with Gasteiger partial charge in [-0.15, -0.1) is 0 Å². The van der Waals surface area contributed by atoms with Crippen molar-refractivity contribution in [2.75, 3.05) is 38.2 Å². The molecule has 1 amide bonds. The van der Waals surface area contributed by atoms with Gasteiger partial charge in [0.15, 0.2) is 16.7 Å². The van der Waals surface area contributed by atoms with Crippen molar-refractivity contribution in [3.63, 3.8) is 0 Å². The van der Waals surface area contributed by atoms with Gasteiger partial charge in [-0.05, 0) is 25.0 Å². The Balaban J connectivity index is 1.50. The highest BCUT2D eigenvalue weighted by molar-refractivity contribution is 7.18. The summed E-state index contributed by atoms with van der Waals surface area (Å²) in [7, 11) is 0. The molecule has 132 valence electrons. The van der Waals surface area contributed by atoms with Crippen LogP contribution in [0.5, 0.6) is 0 Å². The Hall–Kier alpha value is -2.03. The highest BCUT2D eigenvalue weighted by Crippen LogP contribution is 2.39. The Morgan fingerprint density at radius 1 is 1.32 bits per heavy atom. The van der Waals surface area contributed by atoms with Gasteiger partial charge in [-0.2, -0.15) is 0 Å². The van der Waals surface area contributed by atoms with Gasteiger partial charge in [0.1, 0.15) is 10.6 Å². The molecular formula is C17H19N3O4S. The molecule has 0 aromatic carbocycles. The number of carbonyl (C=O) groups is 2. The van der Waals surface area contributed by atoms with E-state index in [0.717, 1.165) is 25.9 Å². The summed E-state index contributed by atoms with van der Waals surface area (Å²) in [5.74, 6) is 0.602. The van der Waals surface area contributed by atoms with Crippen LogP contribution in [0.1, 0.15) is 22.5 Å². The number of morpholine rings is 1. The molecule has 1 saturated carbocycles. The standard InChI is InChI=1S/C17H19N3O4S/c21-13(10-20-5-8-23-9-6-20)18-17-19-14(12-2-1-7-24-12)16(25-17)15(22)11-3-4-11/h1-2,7,11H,3-6,8-10H2,(H,18,19,21). The number of anilines is 1. The van der Waals surface area contributed by atoms with E-state index < -0.39 is 0 Å². The van der Waals surface area contributed by atoms with Crippen molar-refractivity contribution in [3.05, 3.63) is 23.3 Å². The Bertz CT molecular complexity index is 761. The van der Waals surface area contributed by atoms with Crippen LogP contribution < -0.4 is 5.32 Å². The summed E-state index contributed by atoms with van der Waals surface area (Å²) < 4.78 is 10.7. The smallest absolute Gasteiger partial charge is 0.240 e. The lowest BCUT2D eigenvalue weighted by atomic mass is 10.2. The van der Waals surface area contributed by atoms with E-state index in [1.807, 2.05) is 4.90 Å². The number of hydrogen-bond acceptors (Lipinski definition) is 7. The first-order valence-corrected chi connectivity index (χ1v) is 9.21. The second kappa shape index (κ2) is 7.07. The van der Waals surface area contributed by atoms with E-state index in [9.17, 15) is 9.59 Å². The molecule has 8 heteroatoms. The molecule has 25 heavy (non-hydrogen) atoms. The third kappa shape index (κ3) is 3.81. The number of hydrogen-bond donors (Lipinski definition) is 1. The maximum Gasteiger partial charge on any atom is 0.240 e. The van der Waals surface area contributed by atoms with Gasteiger partial charge in [0, 0.05) is 19.0 Å². The molecule has 0 bridgehead atoms. The summed E-state index contributed by atoms with van der Waals surface area (Å²) >= 11 is 1.23. The van der Waals surface area contributed by atoms with E-state index in [4.69, 9.17) is 9.15 Å². The zero-order chi connectivity index (χ0) is 17.2. The van der Waals surface area contributed by atoms with Crippen LogP contribution in [0.3, 0.4) is 0 Å². The van der Waals surface area contributed by atoms with E-state index in [1.54, 1.807) is 18.4 Å². The molecule has 4 rings (SSSR count). The summed E-state index contributed by atoms with van der Waals surface area (Å²) in [6.45, 7) is 3.08. The van der Waals surface area contributed by atoms with Crippen molar-refractivity contribution in [2.24, 2.45) is 5.92 Å². The van der Waals surface area contributed by atoms with Crippen molar-refractivity contribution in [1.29, 1.82) is 0 Å². The minimum absolute atomic E-state index is 0.0889. The molecular weight excluding hydrogens is 342 g/mol. The number of nitrogens with zero attached hydrogens (tertiary/aromatic N) is 2. The number of thiazole rings is 1. The van der Waals surface area contributed by atoms with Crippen molar-refractivity contribution >= 4 is 28.2 Å². The fourth-order valence-corrected chi connectivity index (χ4v) is 3.78. The van der Waals surface area contributed by atoms with E-state index in [-0.39, 0.29) is 17.6 Å². The van der Waals surface area contributed by atoms with Crippen LogP contribution in [0.4, 0.5) is 5.13 Å². The van der Waals surface area contributed by atoms with Gasteiger partial charge in [0.2, 0.25) is 5.91 Å². The zero-order valence-corrected chi connectivity index (χ0v) is 14.5. The number of Topliss-reactive ketones (excluding diaryl/α,β-unsaturated/α-hetero) is 1. The SMILES string of the molecule is O=C(CN1CCOCC1)Nc1nc(-c2ccco2)c(C(=O)C2CC2)s1. The van der Waals surface area contributed by atoms with E-state index in [1.165, 1.54) is 11.3 Å². The number of nitrogens with one attached hydrogen (secondary N) is 1. The number of furan rings is 1. The molecule has 2 fully saturated rings.